The molecule has 0 fully saturated rings. The maximum Gasteiger partial charge on any atom is 0.354 e. The number of alkyl halides is 2. The lowest BCUT2D eigenvalue weighted by molar-refractivity contribution is 0.0680. The molecule has 84 valence electrons. The number of rotatable bonds is 4. The molecule has 0 radical (unpaired) electrons. The van der Waals surface area contributed by atoms with E-state index in [0.29, 0.717) is 6.42 Å². The summed E-state index contributed by atoms with van der Waals surface area (Å²) in [6, 6.07) is 0.711. The van der Waals surface area contributed by atoms with Crippen molar-refractivity contribution in [1.82, 2.24) is 9.78 Å². The van der Waals surface area contributed by atoms with Gasteiger partial charge < -0.3 is 5.11 Å². The molecule has 1 rings (SSSR count). The summed E-state index contributed by atoms with van der Waals surface area (Å²) >= 11 is 0. The van der Waals surface area contributed by atoms with Crippen LogP contribution in [0.2, 0.25) is 0 Å². The first-order valence-corrected chi connectivity index (χ1v) is 4.58. The minimum atomic E-state index is -2.74. The Hall–Kier alpha value is -1.46. The van der Waals surface area contributed by atoms with Crippen molar-refractivity contribution < 1.29 is 18.7 Å². The highest BCUT2D eigenvalue weighted by atomic mass is 19.3. The fraction of sp³-hybridized carbons (Fsp3) is 0.556. The van der Waals surface area contributed by atoms with Gasteiger partial charge in [-0.05, 0) is 13.3 Å². The summed E-state index contributed by atoms with van der Waals surface area (Å²) in [7, 11) is 0. The molecule has 1 atom stereocenters. The third-order valence-electron chi connectivity index (χ3n) is 2.21. The molecule has 6 heteroatoms. The van der Waals surface area contributed by atoms with E-state index >= 15 is 0 Å². The lowest BCUT2D eigenvalue weighted by Gasteiger charge is -2.10. The normalized spacial score (nSPS) is 13.1. The molecule has 0 aliphatic rings. The number of hydrogen-bond donors (Lipinski definition) is 1. The molecule has 0 saturated heterocycles. The Morgan fingerprint density at radius 2 is 2.27 bits per heavy atom. The van der Waals surface area contributed by atoms with Gasteiger partial charge in [0.25, 0.3) is 6.43 Å². The predicted molar refractivity (Wildman–Crippen MR) is 49.1 cm³/mol. The van der Waals surface area contributed by atoms with Crippen LogP contribution in [0.3, 0.4) is 0 Å². The number of aromatic nitrogens is 2. The standard InChI is InChI=1S/C9H12F2N2O2/c1-3-5(2)13-7(9(14)15)4-6(12-13)8(10)11/h4-5,8H,3H2,1-2H3,(H,14,15). The third-order valence-corrected chi connectivity index (χ3v) is 2.21. The molecule has 0 aliphatic carbocycles. The molecule has 0 aromatic carbocycles. The van der Waals surface area contributed by atoms with Crippen LogP contribution >= 0.6 is 0 Å². The molecule has 1 heterocycles. The highest BCUT2D eigenvalue weighted by Gasteiger charge is 2.21. The number of carboxylic acids is 1. The number of aromatic carboxylic acids is 1. The first kappa shape index (κ1) is 11.6. The molecule has 1 aromatic rings. The van der Waals surface area contributed by atoms with E-state index in [0.717, 1.165) is 10.7 Å². The first-order chi connectivity index (χ1) is 6.97. The summed E-state index contributed by atoms with van der Waals surface area (Å²) in [4.78, 5) is 10.8. The van der Waals surface area contributed by atoms with Crippen LogP contribution in [-0.2, 0) is 0 Å². The van der Waals surface area contributed by atoms with Crippen LogP contribution in [0.25, 0.3) is 0 Å². The van der Waals surface area contributed by atoms with Crippen LogP contribution in [0, 0.1) is 0 Å². The molecule has 15 heavy (non-hydrogen) atoms. The number of carboxylic acid groups (broad SMARTS) is 1. The van der Waals surface area contributed by atoms with Gasteiger partial charge in [-0.25, -0.2) is 13.6 Å². The lowest BCUT2D eigenvalue weighted by atomic mass is 10.2. The van der Waals surface area contributed by atoms with E-state index in [2.05, 4.69) is 5.10 Å². The first-order valence-electron chi connectivity index (χ1n) is 4.58. The summed E-state index contributed by atoms with van der Waals surface area (Å²) in [5.74, 6) is -1.24. The van der Waals surface area contributed by atoms with Gasteiger partial charge >= 0.3 is 5.97 Å². The zero-order valence-electron chi connectivity index (χ0n) is 8.44. The molecule has 0 bridgehead atoms. The summed E-state index contributed by atoms with van der Waals surface area (Å²) < 4.78 is 25.8. The van der Waals surface area contributed by atoms with Crippen molar-refractivity contribution in [3.05, 3.63) is 17.5 Å². The van der Waals surface area contributed by atoms with Gasteiger partial charge in [0.2, 0.25) is 0 Å². The van der Waals surface area contributed by atoms with E-state index in [-0.39, 0.29) is 11.7 Å². The fourth-order valence-electron chi connectivity index (χ4n) is 1.19. The van der Waals surface area contributed by atoms with Crippen LogP contribution in [0.15, 0.2) is 6.07 Å². The third kappa shape index (κ3) is 2.31. The Labute approximate surface area is 85.5 Å². The second-order valence-corrected chi connectivity index (χ2v) is 3.26. The van der Waals surface area contributed by atoms with Crippen LogP contribution in [0.1, 0.15) is 48.9 Å². The highest BCUT2D eigenvalue weighted by Crippen LogP contribution is 2.21. The Bertz CT molecular complexity index is 363. The zero-order valence-corrected chi connectivity index (χ0v) is 8.44. The second-order valence-electron chi connectivity index (χ2n) is 3.26. The molecule has 1 unspecified atom stereocenters. The molecule has 1 N–H and O–H groups in total. The predicted octanol–water partition coefficient (Wildman–Crippen LogP) is 2.49. The maximum absolute atomic E-state index is 12.3. The fourth-order valence-corrected chi connectivity index (χ4v) is 1.19. The second kappa shape index (κ2) is 4.37. The summed E-state index contributed by atoms with van der Waals surface area (Å²) in [6.07, 6.45) is -2.11. The van der Waals surface area contributed by atoms with Gasteiger partial charge in [0.05, 0.1) is 0 Å². The molecular weight excluding hydrogens is 206 g/mol. The quantitative estimate of drug-likeness (QED) is 0.844. The summed E-state index contributed by atoms with van der Waals surface area (Å²) in [5.41, 5.74) is -0.688. The van der Waals surface area contributed by atoms with E-state index in [9.17, 15) is 13.6 Å². The zero-order chi connectivity index (χ0) is 11.6. The monoisotopic (exact) mass is 218 g/mol. The summed E-state index contributed by atoms with van der Waals surface area (Å²) in [6.45, 7) is 3.56. The Balaban J connectivity index is 3.17. The SMILES string of the molecule is CCC(C)n1nc(C(F)F)cc1C(=O)O. The Kier molecular flexibility index (Phi) is 3.39. The van der Waals surface area contributed by atoms with Gasteiger partial charge in [0, 0.05) is 12.1 Å². The van der Waals surface area contributed by atoms with Gasteiger partial charge in [-0.15, -0.1) is 0 Å². The van der Waals surface area contributed by atoms with Crippen molar-refractivity contribution >= 4 is 5.97 Å². The van der Waals surface area contributed by atoms with Crippen LogP contribution in [0.5, 0.6) is 0 Å². The summed E-state index contributed by atoms with van der Waals surface area (Å²) in [5, 5.41) is 12.4. The molecule has 0 aliphatic heterocycles. The van der Waals surface area contributed by atoms with Crippen molar-refractivity contribution in [2.75, 3.05) is 0 Å². The average molecular weight is 218 g/mol. The minimum absolute atomic E-state index is 0.195. The average Bonchev–Trinajstić information content (AvgIpc) is 2.61. The molecular formula is C9H12F2N2O2. The van der Waals surface area contributed by atoms with Crippen molar-refractivity contribution in [2.24, 2.45) is 0 Å². The molecule has 0 amide bonds. The van der Waals surface area contributed by atoms with Gasteiger partial charge in [0.15, 0.2) is 0 Å². The number of halogens is 2. The number of hydrogen-bond acceptors (Lipinski definition) is 2. The van der Waals surface area contributed by atoms with Crippen LogP contribution in [-0.4, -0.2) is 20.9 Å². The van der Waals surface area contributed by atoms with Crippen LogP contribution < -0.4 is 0 Å². The Morgan fingerprint density at radius 1 is 1.67 bits per heavy atom. The number of carbonyl (C=O) groups is 1. The molecule has 0 spiro atoms. The van der Waals surface area contributed by atoms with Gasteiger partial charge in [-0.3, -0.25) is 4.68 Å². The van der Waals surface area contributed by atoms with Crippen molar-refractivity contribution in [2.45, 2.75) is 32.7 Å². The lowest BCUT2D eigenvalue weighted by Crippen LogP contribution is -2.13. The van der Waals surface area contributed by atoms with Crippen LogP contribution in [0.4, 0.5) is 8.78 Å². The van der Waals surface area contributed by atoms with Gasteiger partial charge in [-0.2, -0.15) is 5.10 Å². The van der Waals surface area contributed by atoms with E-state index in [1.807, 2.05) is 6.92 Å². The van der Waals surface area contributed by atoms with Crippen molar-refractivity contribution in [3.8, 4) is 0 Å². The van der Waals surface area contributed by atoms with E-state index in [1.165, 1.54) is 0 Å². The van der Waals surface area contributed by atoms with E-state index in [4.69, 9.17) is 5.11 Å². The van der Waals surface area contributed by atoms with Crippen molar-refractivity contribution in [1.29, 1.82) is 0 Å². The number of nitrogens with zero attached hydrogens (tertiary/aromatic N) is 2. The van der Waals surface area contributed by atoms with Gasteiger partial charge in [-0.1, -0.05) is 6.92 Å². The minimum Gasteiger partial charge on any atom is -0.477 e. The molecule has 1 aromatic heterocycles. The molecule has 4 nitrogen and oxygen atoms in total. The highest BCUT2D eigenvalue weighted by molar-refractivity contribution is 5.85. The van der Waals surface area contributed by atoms with Gasteiger partial charge in [0.1, 0.15) is 11.4 Å². The molecule has 0 saturated carbocycles. The maximum atomic E-state index is 12.3. The largest absolute Gasteiger partial charge is 0.477 e. The van der Waals surface area contributed by atoms with Crippen molar-refractivity contribution in [3.63, 3.8) is 0 Å². The van der Waals surface area contributed by atoms with E-state index < -0.39 is 18.1 Å². The Morgan fingerprint density at radius 3 is 2.67 bits per heavy atom. The smallest absolute Gasteiger partial charge is 0.354 e. The topological polar surface area (TPSA) is 55.1 Å². The van der Waals surface area contributed by atoms with E-state index in [1.54, 1.807) is 6.92 Å².